The van der Waals surface area contributed by atoms with E-state index in [1.54, 1.807) is 0 Å². The molecule has 0 radical (unpaired) electrons. The zero-order chi connectivity index (χ0) is 12.2. The number of aromatic amines is 1. The molecule has 5 N–H and O–H groups in total. The van der Waals surface area contributed by atoms with Crippen molar-refractivity contribution in [2.45, 2.75) is 6.42 Å². The van der Waals surface area contributed by atoms with E-state index < -0.39 is 15.6 Å². The Kier molecular flexibility index (Phi) is 4.40. The number of rotatable bonds is 6. The van der Waals surface area contributed by atoms with Gasteiger partial charge in [0.1, 0.15) is 0 Å². The van der Waals surface area contributed by atoms with Crippen LogP contribution in [-0.2, 0) is 19.9 Å². The Bertz CT molecular complexity index is 414. The molecule has 0 saturated heterocycles. The SMILES string of the molecule is O=P(O)(O)OP(=O)(O)NCCc1cnc[nH]1. The van der Waals surface area contributed by atoms with E-state index in [0.717, 1.165) is 0 Å². The summed E-state index contributed by atoms with van der Waals surface area (Å²) in [5.74, 6) is 0. The van der Waals surface area contributed by atoms with E-state index in [9.17, 15) is 9.13 Å². The van der Waals surface area contributed by atoms with Gasteiger partial charge < -0.3 is 19.7 Å². The van der Waals surface area contributed by atoms with Crippen LogP contribution in [0.1, 0.15) is 5.69 Å². The van der Waals surface area contributed by atoms with Crippen molar-refractivity contribution in [3.63, 3.8) is 0 Å². The van der Waals surface area contributed by atoms with Crippen LogP contribution in [0.2, 0.25) is 0 Å². The lowest BCUT2D eigenvalue weighted by Gasteiger charge is -2.12. The van der Waals surface area contributed by atoms with Crippen molar-refractivity contribution < 1.29 is 28.1 Å². The third-order valence-electron chi connectivity index (χ3n) is 1.48. The van der Waals surface area contributed by atoms with Crippen LogP contribution in [0.3, 0.4) is 0 Å². The third-order valence-corrected chi connectivity index (χ3v) is 3.84. The summed E-state index contributed by atoms with van der Waals surface area (Å²) >= 11 is 0. The zero-order valence-electron chi connectivity index (χ0n) is 7.98. The van der Waals surface area contributed by atoms with Gasteiger partial charge in [-0.1, -0.05) is 0 Å². The topological polar surface area (TPSA) is 145 Å². The summed E-state index contributed by atoms with van der Waals surface area (Å²) in [5, 5.41) is 2.00. The second-order valence-corrected chi connectivity index (χ2v) is 5.82. The van der Waals surface area contributed by atoms with E-state index >= 15 is 0 Å². The Morgan fingerprint density at radius 2 is 2.12 bits per heavy atom. The summed E-state index contributed by atoms with van der Waals surface area (Å²) in [4.78, 5) is 32.1. The number of aromatic nitrogens is 2. The molecule has 0 saturated carbocycles. The molecule has 0 aliphatic carbocycles. The molecular weight excluding hydrogens is 260 g/mol. The Labute approximate surface area is 90.7 Å². The van der Waals surface area contributed by atoms with Crippen molar-refractivity contribution in [1.82, 2.24) is 15.1 Å². The third kappa shape index (κ3) is 5.53. The van der Waals surface area contributed by atoms with E-state index in [2.05, 4.69) is 14.3 Å². The van der Waals surface area contributed by atoms with E-state index in [1.807, 2.05) is 5.09 Å². The average molecular weight is 271 g/mol. The maximum Gasteiger partial charge on any atom is 0.477 e. The van der Waals surface area contributed by atoms with Gasteiger partial charge in [0.2, 0.25) is 0 Å². The minimum atomic E-state index is -4.98. The minimum Gasteiger partial charge on any atom is -0.348 e. The van der Waals surface area contributed by atoms with Gasteiger partial charge in [-0.25, -0.2) is 19.2 Å². The van der Waals surface area contributed by atoms with Gasteiger partial charge in [-0.3, -0.25) is 0 Å². The quantitative estimate of drug-likeness (QED) is 0.445. The first-order chi connectivity index (χ1) is 7.29. The second-order valence-electron chi connectivity index (χ2n) is 2.83. The molecule has 1 unspecified atom stereocenters. The first-order valence-corrected chi connectivity index (χ1v) is 7.21. The van der Waals surface area contributed by atoms with Gasteiger partial charge in [0, 0.05) is 24.9 Å². The largest absolute Gasteiger partial charge is 0.477 e. The van der Waals surface area contributed by atoms with Crippen molar-refractivity contribution in [2.24, 2.45) is 0 Å². The first-order valence-electron chi connectivity index (χ1n) is 4.10. The molecule has 1 heterocycles. The first kappa shape index (κ1) is 13.5. The highest BCUT2D eigenvalue weighted by molar-refractivity contribution is 7.62. The fraction of sp³-hybridized carbons (Fsp3) is 0.400. The van der Waals surface area contributed by atoms with Gasteiger partial charge in [-0.05, 0) is 0 Å². The zero-order valence-corrected chi connectivity index (χ0v) is 9.77. The highest BCUT2D eigenvalue weighted by Crippen LogP contribution is 2.54. The van der Waals surface area contributed by atoms with Crippen molar-refractivity contribution >= 4 is 15.6 Å². The van der Waals surface area contributed by atoms with Crippen LogP contribution in [0.5, 0.6) is 0 Å². The molecule has 1 aromatic heterocycles. The van der Waals surface area contributed by atoms with Crippen LogP contribution in [0, 0.1) is 0 Å². The molecule has 1 rings (SSSR count). The Morgan fingerprint density at radius 1 is 1.44 bits per heavy atom. The maximum absolute atomic E-state index is 11.1. The molecule has 0 fully saturated rings. The Morgan fingerprint density at radius 3 is 2.62 bits per heavy atom. The number of phosphoric acid groups is 1. The number of H-pyrrole nitrogens is 1. The number of hydrogen-bond donors (Lipinski definition) is 5. The van der Waals surface area contributed by atoms with Crippen LogP contribution in [-0.4, -0.2) is 31.2 Å². The smallest absolute Gasteiger partial charge is 0.348 e. The molecule has 0 aromatic carbocycles. The summed E-state index contributed by atoms with van der Waals surface area (Å²) < 4.78 is 25.1. The van der Waals surface area contributed by atoms with Crippen LogP contribution >= 0.6 is 15.6 Å². The molecule has 16 heavy (non-hydrogen) atoms. The summed E-state index contributed by atoms with van der Waals surface area (Å²) in [5.41, 5.74) is 0.712. The lowest BCUT2D eigenvalue weighted by atomic mass is 10.3. The van der Waals surface area contributed by atoms with Crippen molar-refractivity contribution in [1.29, 1.82) is 0 Å². The van der Waals surface area contributed by atoms with Crippen LogP contribution in [0.4, 0.5) is 0 Å². The summed E-state index contributed by atoms with van der Waals surface area (Å²) in [6, 6.07) is 0. The van der Waals surface area contributed by atoms with E-state index in [-0.39, 0.29) is 6.54 Å². The number of hydrogen-bond acceptors (Lipinski definition) is 4. The Balaban J connectivity index is 2.37. The molecule has 92 valence electrons. The lowest BCUT2D eigenvalue weighted by molar-refractivity contribution is 0.259. The number of nitrogens with one attached hydrogen (secondary N) is 2. The normalized spacial score (nSPS) is 15.9. The second kappa shape index (κ2) is 5.20. The summed E-state index contributed by atoms with van der Waals surface area (Å²) in [6.45, 7) is 0.00989. The van der Waals surface area contributed by atoms with Crippen molar-refractivity contribution in [2.75, 3.05) is 6.54 Å². The van der Waals surface area contributed by atoms with Gasteiger partial charge in [-0.2, -0.15) is 4.31 Å². The molecule has 0 spiro atoms. The molecule has 9 nitrogen and oxygen atoms in total. The van der Waals surface area contributed by atoms with Crippen molar-refractivity contribution in [3.8, 4) is 0 Å². The molecule has 1 aromatic rings. The molecule has 0 amide bonds. The molecule has 0 aliphatic heterocycles. The fourth-order valence-corrected chi connectivity index (χ4v) is 2.70. The average Bonchev–Trinajstić information content (AvgIpc) is 2.51. The van der Waals surface area contributed by atoms with Gasteiger partial charge in [-0.15, -0.1) is 0 Å². The van der Waals surface area contributed by atoms with Crippen LogP contribution in [0.15, 0.2) is 12.5 Å². The molecular formula is C5H11N3O6P2. The van der Waals surface area contributed by atoms with E-state index in [1.165, 1.54) is 12.5 Å². The molecule has 1 atom stereocenters. The maximum atomic E-state index is 11.1. The van der Waals surface area contributed by atoms with Gasteiger partial charge in [0.15, 0.2) is 0 Å². The van der Waals surface area contributed by atoms with Crippen LogP contribution < -0.4 is 5.09 Å². The van der Waals surface area contributed by atoms with Gasteiger partial charge >= 0.3 is 15.6 Å². The standard InChI is InChI=1S/C5H11N3O6P2/c9-15(10,14-16(11,12)13)8-2-1-5-3-6-4-7-5/h3-4H,1-2H2,(H,6,7)(H2,8,9,10)(H2,11,12,13). The summed E-state index contributed by atoms with van der Waals surface area (Å²) in [6.07, 6.45) is 3.31. The fourth-order valence-electron chi connectivity index (χ4n) is 0.926. The van der Waals surface area contributed by atoms with E-state index in [0.29, 0.717) is 12.1 Å². The van der Waals surface area contributed by atoms with Gasteiger partial charge in [0.05, 0.1) is 6.33 Å². The lowest BCUT2D eigenvalue weighted by Crippen LogP contribution is -2.15. The molecule has 0 aliphatic rings. The number of imidazole rings is 1. The van der Waals surface area contributed by atoms with E-state index in [4.69, 9.17) is 14.7 Å². The Hall–Kier alpha value is -0.530. The molecule has 11 heteroatoms. The number of nitrogens with zero attached hydrogens (tertiary/aromatic N) is 1. The highest BCUT2D eigenvalue weighted by Gasteiger charge is 2.29. The van der Waals surface area contributed by atoms with Crippen molar-refractivity contribution in [3.05, 3.63) is 18.2 Å². The van der Waals surface area contributed by atoms with Crippen LogP contribution in [0.25, 0.3) is 0 Å². The predicted octanol–water partition coefficient (Wildman–Crippen LogP) is -0.249. The predicted molar refractivity (Wildman–Crippen MR) is 53.2 cm³/mol. The highest BCUT2D eigenvalue weighted by atomic mass is 31.3. The monoisotopic (exact) mass is 271 g/mol. The summed E-state index contributed by atoms with van der Waals surface area (Å²) in [7, 11) is -9.46. The van der Waals surface area contributed by atoms with Gasteiger partial charge in [0.25, 0.3) is 0 Å². The molecule has 0 bridgehead atoms. The minimum absolute atomic E-state index is 0.00989.